The molecule has 0 bridgehead atoms. The van der Waals surface area contributed by atoms with Crippen LogP contribution in [0.5, 0.6) is 0 Å². The van der Waals surface area contributed by atoms with Gasteiger partial charge in [-0.25, -0.2) is 13.2 Å². The van der Waals surface area contributed by atoms with E-state index >= 15 is 0 Å². The number of nitrogens with one attached hydrogen (secondary N) is 2. The lowest BCUT2D eigenvalue weighted by molar-refractivity contribution is 0.249. The second-order valence-corrected chi connectivity index (χ2v) is 9.16. The van der Waals surface area contributed by atoms with Crippen molar-refractivity contribution in [1.82, 2.24) is 14.6 Å². The molecule has 2 N–H and O–H groups in total. The van der Waals surface area contributed by atoms with Gasteiger partial charge in [-0.1, -0.05) is 13.0 Å². The molecule has 1 fully saturated rings. The Morgan fingerprint density at radius 1 is 1.18 bits per heavy atom. The van der Waals surface area contributed by atoms with E-state index in [1.165, 1.54) is 16.4 Å². The van der Waals surface area contributed by atoms with E-state index < -0.39 is 10.0 Å². The van der Waals surface area contributed by atoms with Crippen LogP contribution in [0.25, 0.3) is 0 Å². The van der Waals surface area contributed by atoms with Crippen LogP contribution in [0.3, 0.4) is 0 Å². The van der Waals surface area contributed by atoms with Gasteiger partial charge in [0, 0.05) is 31.2 Å². The molecule has 1 atom stereocenters. The molecule has 2 heterocycles. The number of aromatic nitrogens is 1. The summed E-state index contributed by atoms with van der Waals surface area (Å²) in [5, 5.41) is 5.56. The van der Waals surface area contributed by atoms with Crippen molar-refractivity contribution in [3.63, 3.8) is 0 Å². The molecule has 0 spiro atoms. The van der Waals surface area contributed by atoms with Crippen molar-refractivity contribution in [1.29, 1.82) is 0 Å². The number of hydrogen-bond donors (Lipinski definition) is 2. The van der Waals surface area contributed by atoms with E-state index in [0.29, 0.717) is 24.7 Å². The summed E-state index contributed by atoms with van der Waals surface area (Å²) in [6.45, 7) is 5.12. The monoisotopic (exact) mass is 402 g/mol. The number of rotatable bonds is 5. The van der Waals surface area contributed by atoms with Crippen LogP contribution in [0.2, 0.25) is 0 Å². The van der Waals surface area contributed by atoms with Gasteiger partial charge in [-0.15, -0.1) is 0 Å². The molecule has 3 rings (SSSR count). The fraction of sp³-hybridized carbons (Fsp3) is 0.400. The highest BCUT2D eigenvalue weighted by atomic mass is 32.2. The molecule has 1 aromatic carbocycles. The number of pyridine rings is 1. The zero-order valence-corrected chi connectivity index (χ0v) is 16.9. The van der Waals surface area contributed by atoms with Gasteiger partial charge in [0.25, 0.3) is 0 Å². The fourth-order valence-corrected chi connectivity index (χ4v) is 4.63. The van der Waals surface area contributed by atoms with Gasteiger partial charge in [0.15, 0.2) is 0 Å². The summed E-state index contributed by atoms with van der Waals surface area (Å²) in [5.41, 5.74) is 1.43. The maximum atomic E-state index is 12.8. The van der Waals surface area contributed by atoms with Gasteiger partial charge in [0.1, 0.15) is 0 Å². The van der Waals surface area contributed by atoms with Crippen molar-refractivity contribution in [2.45, 2.75) is 37.6 Å². The summed E-state index contributed by atoms with van der Waals surface area (Å²) >= 11 is 0. The molecule has 0 saturated carbocycles. The standard InChI is InChI=1S/C20H26N4O3S/c1-15-9-12-24(13-10-15)28(26,27)19-7-5-18(6-8-19)23-20(25)22-16(2)17-4-3-11-21-14-17/h3-8,11,14-16H,9-10,12-13H2,1-2H3,(H2,22,23,25). The number of hydrogen-bond acceptors (Lipinski definition) is 4. The minimum absolute atomic E-state index is 0.199. The highest BCUT2D eigenvalue weighted by Gasteiger charge is 2.27. The minimum atomic E-state index is -3.49. The van der Waals surface area contributed by atoms with E-state index in [9.17, 15) is 13.2 Å². The van der Waals surface area contributed by atoms with E-state index in [0.717, 1.165) is 18.4 Å². The average molecular weight is 403 g/mol. The Labute approximate surface area is 166 Å². The van der Waals surface area contributed by atoms with Crippen LogP contribution in [0, 0.1) is 5.92 Å². The smallest absolute Gasteiger partial charge is 0.319 e. The Hall–Kier alpha value is -2.45. The second kappa shape index (κ2) is 8.70. The molecule has 1 saturated heterocycles. The maximum absolute atomic E-state index is 12.8. The first kappa shape index (κ1) is 20.3. The van der Waals surface area contributed by atoms with Gasteiger partial charge in [0.2, 0.25) is 10.0 Å². The summed E-state index contributed by atoms with van der Waals surface area (Å²) < 4.78 is 27.0. The lowest BCUT2D eigenvalue weighted by atomic mass is 10.0. The van der Waals surface area contributed by atoms with Gasteiger partial charge in [-0.3, -0.25) is 4.98 Å². The summed E-state index contributed by atoms with van der Waals surface area (Å²) in [6, 6.07) is 9.42. The minimum Gasteiger partial charge on any atom is -0.331 e. The number of piperidine rings is 1. The van der Waals surface area contributed by atoms with Crippen molar-refractivity contribution < 1.29 is 13.2 Å². The third-order valence-corrected chi connectivity index (χ3v) is 6.94. The third-order valence-electron chi connectivity index (χ3n) is 5.02. The molecule has 1 aliphatic rings. The molecule has 150 valence electrons. The Bertz CT molecular complexity index is 893. The van der Waals surface area contributed by atoms with Gasteiger partial charge in [0.05, 0.1) is 10.9 Å². The molecule has 2 aromatic rings. The molecular weight excluding hydrogens is 376 g/mol. The number of amides is 2. The van der Waals surface area contributed by atoms with Crippen LogP contribution < -0.4 is 10.6 Å². The Balaban J connectivity index is 1.60. The van der Waals surface area contributed by atoms with Crippen molar-refractivity contribution in [2.24, 2.45) is 5.92 Å². The Morgan fingerprint density at radius 3 is 2.46 bits per heavy atom. The second-order valence-electron chi connectivity index (χ2n) is 7.22. The van der Waals surface area contributed by atoms with Crippen molar-refractivity contribution in [2.75, 3.05) is 18.4 Å². The molecule has 28 heavy (non-hydrogen) atoms. The first-order valence-electron chi connectivity index (χ1n) is 9.44. The maximum Gasteiger partial charge on any atom is 0.319 e. The predicted molar refractivity (Wildman–Crippen MR) is 108 cm³/mol. The molecule has 0 aliphatic carbocycles. The summed E-state index contributed by atoms with van der Waals surface area (Å²) in [6.07, 6.45) is 5.14. The summed E-state index contributed by atoms with van der Waals surface area (Å²) in [7, 11) is -3.49. The van der Waals surface area contributed by atoms with Crippen LogP contribution in [0.15, 0.2) is 53.7 Å². The average Bonchev–Trinajstić information content (AvgIpc) is 2.69. The normalized spacial score (nSPS) is 17.1. The van der Waals surface area contributed by atoms with Crippen molar-refractivity contribution >= 4 is 21.7 Å². The van der Waals surface area contributed by atoms with Crippen molar-refractivity contribution in [3.8, 4) is 0 Å². The Morgan fingerprint density at radius 2 is 1.86 bits per heavy atom. The molecule has 1 aliphatic heterocycles. The van der Waals surface area contributed by atoms with E-state index in [-0.39, 0.29) is 17.0 Å². The van der Waals surface area contributed by atoms with Gasteiger partial charge in [-0.2, -0.15) is 4.31 Å². The number of carbonyl (C=O) groups excluding carboxylic acids is 1. The quantitative estimate of drug-likeness (QED) is 0.802. The topological polar surface area (TPSA) is 91.4 Å². The van der Waals surface area contributed by atoms with Crippen LogP contribution in [0.1, 0.15) is 38.3 Å². The Kier molecular flexibility index (Phi) is 6.31. The van der Waals surface area contributed by atoms with Crippen LogP contribution in [0.4, 0.5) is 10.5 Å². The fourth-order valence-electron chi connectivity index (χ4n) is 3.16. The van der Waals surface area contributed by atoms with Gasteiger partial charge < -0.3 is 10.6 Å². The molecule has 1 aromatic heterocycles. The molecular formula is C20H26N4O3S. The number of anilines is 1. The third kappa shape index (κ3) is 4.88. The molecule has 7 nitrogen and oxygen atoms in total. The predicted octanol–water partition coefficient (Wildman–Crippen LogP) is 3.38. The molecule has 2 amide bonds. The van der Waals surface area contributed by atoms with Gasteiger partial charge >= 0.3 is 6.03 Å². The van der Waals surface area contributed by atoms with Gasteiger partial charge in [-0.05, 0) is 61.6 Å². The van der Waals surface area contributed by atoms with Crippen LogP contribution in [-0.4, -0.2) is 36.8 Å². The first-order chi connectivity index (χ1) is 13.4. The highest BCUT2D eigenvalue weighted by Crippen LogP contribution is 2.24. The zero-order valence-electron chi connectivity index (χ0n) is 16.1. The zero-order chi connectivity index (χ0) is 20.1. The van der Waals surface area contributed by atoms with Crippen LogP contribution >= 0.6 is 0 Å². The van der Waals surface area contributed by atoms with Crippen molar-refractivity contribution in [3.05, 3.63) is 54.4 Å². The number of sulfonamides is 1. The number of urea groups is 1. The van der Waals surface area contributed by atoms with E-state index in [2.05, 4.69) is 22.5 Å². The van der Waals surface area contributed by atoms with E-state index in [1.807, 2.05) is 19.1 Å². The van der Waals surface area contributed by atoms with Crippen LogP contribution in [-0.2, 0) is 10.0 Å². The summed E-state index contributed by atoms with van der Waals surface area (Å²) in [5.74, 6) is 0.561. The number of benzene rings is 1. The lowest BCUT2D eigenvalue weighted by Gasteiger charge is -2.29. The molecule has 8 heteroatoms. The molecule has 0 radical (unpaired) electrons. The first-order valence-corrected chi connectivity index (χ1v) is 10.9. The highest BCUT2D eigenvalue weighted by molar-refractivity contribution is 7.89. The van der Waals surface area contributed by atoms with E-state index in [4.69, 9.17) is 0 Å². The number of carbonyl (C=O) groups is 1. The SMILES string of the molecule is CC1CCN(S(=O)(=O)c2ccc(NC(=O)NC(C)c3cccnc3)cc2)CC1. The largest absolute Gasteiger partial charge is 0.331 e. The van der Waals surface area contributed by atoms with E-state index in [1.54, 1.807) is 24.5 Å². The number of nitrogens with zero attached hydrogens (tertiary/aromatic N) is 2. The molecule has 1 unspecified atom stereocenters. The summed E-state index contributed by atoms with van der Waals surface area (Å²) in [4.78, 5) is 16.5. The lowest BCUT2D eigenvalue weighted by Crippen LogP contribution is -2.37.